The maximum Gasteiger partial charge on any atom is 0.254 e. The Morgan fingerprint density at radius 3 is 2.37 bits per heavy atom. The summed E-state index contributed by atoms with van der Waals surface area (Å²) >= 11 is 0. The van der Waals surface area contributed by atoms with E-state index in [-0.39, 0.29) is 35.3 Å². The van der Waals surface area contributed by atoms with Crippen molar-refractivity contribution >= 4 is 28.4 Å². The van der Waals surface area contributed by atoms with E-state index in [9.17, 15) is 4.79 Å². The minimum atomic E-state index is -1.14. The van der Waals surface area contributed by atoms with Crippen LogP contribution in [0.2, 0.25) is 0 Å². The summed E-state index contributed by atoms with van der Waals surface area (Å²) in [5.74, 6) is -3.37. The van der Waals surface area contributed by atoms with Crippen molar-refractivity contribution in [3.63, 3.8) is 0 Å². The smallest absolute Gasteiger partial charge is 0.254 e. The van der Waals surface area contributed by atoms with Gasteiger partial charge in [0, 0.05) is 38.6 Å². The first-order valence-corrected chi connectivity index (χ1v) is 12.7. The lowest BCUT2D eigenvalue weighted by atomic mass is 10.1. The highest BCUT2D eigenvalue weighted by Crippen LogP contribution is 2.42. The highest BCUT2D eigenvalue weighted by atomic mass is 19.1. The maximum atomic E-state index is 15.5. The molecular formula is C27H30F2N6O6. The monoisotopic (exact) mass is 572 g/mol. The van der Waals surface area contributed by atoms with Crippen LogP contribution in [0.25, 0.3) is 22.3 Å². The molecule has 1 amide bonds. The zero-order valence-corrected chi connectivity index (χ0v) is 23.0. The van der Waals surface area contributed by atoms with Crippen LogP contribution < -0.4 is 25.0 Å². The predicted molar refractivity (Wildman–Crippen MR) is 145 cm³/mol. The van der Waals surface area contributed by atoms with E-state index < -0.39 is 23.1 Å². The fraction of sp³-hybridized carbons (Fsp3) is 0.407. The molecule has 218 valence electrons. The Morgan fingerprint density at radius 1 is 1.10 bits per heavy atom. The number of fused-ring (bicyclic) bond motifs is 1. The van der Waals surface area contributed by atoms with Crippen LogP contribution in [0.4, 0.5) is 20.4 Å². The third kappa shape index (κ3) is 4.98. The van der Waals surface area contributed by atoms with E-state index in [1.807, 2.05) is 0 Å². The lowest BCUT2D eigenvalue weighted by molar-refractivity contribution is -0.238. The topological polar surface area (TPSA) is 129 Å². The summed E-state index contributed by atoms with van der Waals surface area (Å²) in [7, 11) is 5.52. The van der Waals surface area contributed by atoms with Gasteiger partial charge in [-0.05, 0) is 12.1 Å². The quantitative estimate of drug-likeness (QED) is 0.275. The number of amides is 1. The molecule has 2 aliphatic heterocycles. The van der Waals surface area contributed by atoms with Crippen LogP contribution in [0.3, 0.4) is 0 Å². The highest BCUT2D eigenvalue weighted by Gasteiger charge is 2.48. The van der Waals surface area contributed by atoms with Crippen molar-refractivity contribution in [1.29, 1.82) is 0 Å². The van der Waals surface area contributed by atoms with Crippen molar-refractivity contribution in [1.82, 2.24) is 20.3 Å². The average molecular weight is 573 g/mol. The molecule has 2 aromatic heterocycles. The van der Waals surface area contributed by atoms with E-state index in [2.05, 4.69) is 32.2 Å². The van der Waals surface area contributed by atoms with E-state index in [4.69, 9.17) is 23.7 Å². The summed E-state index contributed by atoms with van der Waals surface area (Å²) in [6, 6.07) is 2.24. The van der Waals surface area contributed by atoms with Gasteiger partial charge in [0.1, 0.15) is 11.6 Å². The normalized spacial score (nSPS) is 19.5. The second kappa shape index (κ2) is 11.4. The SMILES string of the molecule is C=CC(=O)N[C@H]1COC[C@H]1Nc1cc2c(N3CCC3(OC)OC)nc(-c3c(F)c(OC)cc(OC)c3F)nc2cn1. The molecule has 2 saturated heterocycles. The standard InChI is InChI=1S/C27H30F2N6O6/c1-6-21(36)32-17-13-41-12-16(17)31-20-9-14-15(11-30-20)33-25(34-26(14)35-8-7-27(35,39-4)40-5)22-23(28)18(37-2)10-19(38-3)24(22)29/h6,9-11,16-17H,1,7-8,12-13H2,2-5H3,(H,30,31)(H,32,36)/t16-,17+/m1/s1. The van der Waals surface area contributed by atoms with E-state index in [1.165, 1.54) is 40.7 Å². The van der Waals surface area contributed by atoms with Gasteiger partial charge in [0.05, 0.1) is 56.8 Å². The molecule has 0 saturated carbocycles. The Bertz CT molecular complexity index is 1450. The zero-order valence-electron chi connectivity index (χ0n) is 23.0. The summed E-state index contributed by atoms with van der Waals surface area (Å²) in [5, 5.41) is 6.64. The maximum absolute atomic E-state index is 15.5. The second-order valence-electron chi connectivity index (χ2n) is 9.37. The van der Waals surface area contributed by atoms with Crippen molar-refractivity contribution in [3.8, 4) is 22.9 Å². The van der Waals surface area contributed by atoms with Crippen LogP contribution in [0.15, 0.2) is 31.0 Å². The van der Waals surface area contributed by atoms with Gasteiger partial charge in [0.15, 0.2) is 29.0 Å². The van der Waals surface area contributed by atoms with Gasteiger partial charge in [-0.1, -0.05) is 6.58 Å². The number of halogens is 2. The Labute approximate surface area is 234 Å². The lowest BCUT2D eigenvalue weighted by Crippen LogP contribution is -2.63. The van der Waals surface area contributed by atoms with Gasteiger partial charge in [-0.3, -0.25) is 4.79 Å². The predicted octanol–water partition coefficient (Wildman–Crippen LogP) is 2.63. The van der Waals surface area contributed by atoms with Crippen molar-refractivity contribution in [2.75, 3.05) is 58.4 Å². The molecule has 5 rings (SSSR count). The number of nitrogens with one attached hydrogen (secondary N) is 2. The van der Waals surface area contributed by atoms with E-state index in [1.54, 1.807) is 11.0 Å². The first-order chi connectivity index (χ1) is 19.8. The second-order valence-corrected chi connectivity index (χ2v) is 9.37. The van der Waals surface area contributed by atoms with E-state index in [0.717, 1.165) is 6.07 Å². The van der Waals surface area contributed by atoms with E-state index in [0.29, 0.717) is 48.7 Å². The van der Waals surface area contributed by atoms with Crippen molar-refractivity contribution in [2.24, 2.45) is 0 Å². The molecule has 2 N–H and O–H groups in total. The van der Waals surface area contributed by atoms with Crippen molar-refractivity contribution in [2.45, 2.75) is 24.4 Å². The van der Waals surface area contributed by atoms with Gasteiger partial charge in [-0.2, -0.15) is 0 Å². The van der Waals surface area contributed by atoms with Gasteiger partial charge >= 0.3 is 0 Å². The Kier molecular flexibility index (Phi) is 7.89. The molecule has 0 unspecified atom stereocenters. The molecule has 0 aliphatic carbocycles. The number of pyridine rings is 1. The van der Waals surface area contributed by atoms with Crippen LogP contribution in [0.1, 0.15) is 6.42 Å². The minimum absolute atomic E-state index is 0.231. The minimum Gasteiger partial charge on any atom is -0.494 e. The zero-order chi connectivity index (χ0) is 29.3. The number of carbonyl (C=O) groups is 1. The van der Waals surface area contributed by atoms with Gasteiger partial charge in [0.25, 0.3) is 5.91 Å². The first-order valence-electron chi connectivity index (χ1n) is 12.7. The molecular weight excluding hydrogens is 542 g/mol. The summed E-state index contributed by atoms with van der Waals surface area (Å²) in [5.41, 5.74) is -0.209. The Balaban J connectivity index is 1.63. The lowest BCUT2D eigenvalue weighted by Gasteiger charge is -2.50. The summed E-state index contributed by atoms with van der Waals surface area (Å²) < 4.78 is 58.0. The largest absolute Gasteiger partial charge is 0.494 e. The van der Waals surface area contributed by atoms with Crippen LogP contribution in [-0.4, -0.2) is 87.1 Å². The first kappa shape index (κ1) is 28.4. The molecule has 12 nitrogen and oxygen atoms in total. The molecule has 3 aromatic rings. The molecule has 0 bridgehead atoms. The van der Waals surface area contributed by atoms with Crippen LogP contribution in [-0.2, 0) is 19.0 Å². The van der Waals surface area contributed by atoms with Gasteiger partial charge < -0.3 is 39.2 Å². The molecule has 2 atom stereocenters. The Morgan fingerprint density at radius 2 is 1.78 bits per heavy atom. The third-order valence-electron chi connectivity index (χ3n) is 7.24. The molecule has 4 heterocycles. The molecule has 0 radical (unpaired) electrons. The third-order valence-corrected chi connectivity index (χ3v) is 7.24. The summed E-state index contributed by atoms with van der Waals surface area (Å²) in [6.07, 6.45) is 3.18. The summed E-state index contributed by atoms with van der Waals surface area (Å²) in [6.45, 7) is 4.63. The number of methoxy groups -OCH3 is 4. The number of rotatable bonds is 10. The number of nitrogens with zero attached hydrogens (tertiary/aromatic N) is 4. The van der Waals surface area contributed by atoms with Crippen LogP contribution in [0.5, 0.6) is 11.5 Å². The van der Waals surface area contributed by atoms with Gasteiger partial charge in [-0.15, -0.1) is 0 Å². The van der Waals surface area contributed by atoms with Gasteiger partial charge in [0.2, 0.25) is 5.91 Å². The van der Waals surface area contributed by atoms with Crippen LogP contribution >= 0.6 is 0 Å². The molecule has 1 aromatic carbocycles. The summed E-state index contributed by atoms with van der Waals surface area (Å²) in [4.78, 5) is 27.1. The van der Waals surface area contributed by atoms with Crippen molar-refractivity contribution < 1.29 is 37.3 Å². The molecule has 2 aliphatic rings. The molecule has 41 heavy (non-hydrogen) atoms. The van der Waals surface area contributed by atoms with E-state index >= 15 is 8.78 Å². The average Bonchev–Trinajstić information content (AvgIpc) is 3.39. The fourth-order valence-corrected chi connectivity index (χ4v) is 4.95. The number of hydrogen-bond acceptors (Lipinski definition) is 11. The number of ether oxygens (including phenoxy) is 5. The fourth-order valence-electron chi connectivity index (χ4n) is 4.95. The number of aromatic nitrogens is 3. The van der Waals surface area contributed by atoms with Crippen LogP contribution in [0, 0.1) is 11.6 Å². The molecule has 0 spiro atoms. The highest BCUT2D eigenvalue weighted by molar-refractivity contribution is 5.93. The number of hydrogen-bond donors (Lipinski definition) is 2. The Hall–Kier alpha value is -4.14. The number of anilines is 2. The molecule has 2 fully saturated rings. The number of benzene rings is 1. The van der Waals surface area contributed by atoms with Gasteiger partial charge in [-0.25, -0.2) is 23.7 Å². The number of carbonyl (C=O) groups excluding carboxylic acids is 1. The molecule has 14 heteroatoms. The van der Waals surface area contributed by atoms with Crippen molar-refractivity contribution in [3.05, 3.63) is 42.6 Å².